The minimum Gasteiger partial charge on any atom is -0.317 e. The van der Waals surface area contributed by atoms with Gasteiger partial charge in [0.05, 0.1) is 0 Å². The van der Waals surface area contributed by atoms with Crippen molar-refractivity contribution in [1.29, 1.82) is 0 Å². The summed E-state index contributed by atoms with van der Waals surface area (Å²) in [6.07, 6.45) is 15.1. The second-order valence-electron chi connectivity index (χ2n) is 6.34. The van der Waals surface area contributed by atoms with Crippen LogP contribution in [0.3, 0.4) is 0 Å². The zero-order valence-corrected chi connectivity index (χ0v) is 11.7. The summed E-state index contributed by atoms with van der Waals surface area (Å²) in [7, 11) is 0. The fourth-order valence-electron chi connectivity index (χ4n) is 4.02. The zero-order chi connectivity index (χ0) is 11.9. The highest BCUT2D eigenvalue weighted by Crippen LogP contribution is 2.37. The molecule has 0 aromatic rings. The first kappa shape index (κ1) is 13.4. The highest BCUT2D eigenvalue weighted by Gasteiger charge is 2.27. The summed E-state index contributed by atoms with van der Waals surface area (Å²) in [5, 5.41) is 3.56. The lowest BCUT2D eigenvalue weighted by Crippen LogP contribution is -2.25. The summed E-state index contributed by atoms with van der Waals surface area (Å²) >= 11 is 0. The third-order valence-electron chi connectivity index (χ3n) is 5.14. The van der Waals surface area contributed by atoms with Crippen LogP contribution in [0.25, 0.3) is 0 Å². The van der Waals surface area contributed by atoms with Gasteiger partial charge in [-0.15, -0.1) is 0 Å². The predicted octanol–water partition coefficient (Wildman–Crippen LogP) is 4.37. The van der Waals surface area contributed by atoms with Gasteiger partial charge >= 0.3 is 0 Å². The molecule has 1 heteroatoms. The summed E-state index contributed by atoms with van der Waals surface area (Å²) < 4.78 is 0. The second-order valence-corrected chi connectivity index (χ2v) is 6.34. The van der Waals surface area contributed by atoms with Gasteiger partial charge in [0.15, 0.2) is 0 Å². The van der Waals surface area contributed by atoms with Gasteiger partial charge in [0.1, 0.15) is 0 Å². The Morgan fingerprint density at radius 1 is 0.824 bits per heavy atom. The molecule has 0 aliphatic heterocycles. The molecule has 2 unspecified atom stereocenters. The van der Waals surface area contributed by atoms with E-state index in [9.17, 15) is 0 Å². The summed E-state index contributed by atoms with van der Waals surface area (Å²) in [4.78, 5) is 0. The summed E-state index contributed by atoms with van der Waals surface area (Å²) in [6.45, 7) is 4.66. The van der Waals surface area contributed by atoms with E-state index in [1.165, 1.54) is 70.8 Å². The van der Waals surface area contributed by atoms with E-state index >= 15 is 0 Å². The van der Waals surface area contributed by atoms with E-state index in [2.05, 4.69) is 12.2 Å². The summed E-state index contributed by atoms with van der Waals surface area (Å²) in [6, 6.07) is 0. The Kier molecular flexibility index (Phi) is 5.84. The van der Waals surface area contributed by atoms with Crippen LogP contribution in [0.5, 0.6) is 0 Å². The molecule has 0 spiro atoms. The van der Waals surface area contributed by atoms with Gasteiger partial charge < -0.3 is 5.32 Å². The Balaban J connectivity index is 1.66. The van der Waals surface area contributed by atoms with Crippen molar-refractivity contribution in [2.45, 2.75) is 71.1 Å². The SMILES string of the molecule is CCNCC1CCCC1CCC1CCCCC1. The standard InChI is InChI=1S/C16H31N/c1-2-17-13-16-10-6-9-15(16)12-11-14-7-4-3-5-8-14/h14-17H,2-13H2,1H3. The quantitative estimate of drug-likeness (QED) is 0.723. The molecule has 0 heterocycles. The van der Waals surface area contributed by atoms with Crippen molar-refractivity contribution in [3.63, 3.8) is 0 Å². The number of nitrogens with one attached hydrogen (secondary N) is 1. The van der Waals surface area contributed by atoms with E-state index in [0.717, 1.165) is 24.3 Å². The molecule has 100 valence electrons. The first-order chi connectivity index (χ1) is 8.40. The molecule has 1 nitrogen and oxygen atoms in total. The zero-order valence-electron chi connectivity index (χ0n) is 11.7. The minimum absolute atomic E-state index is 0.999. The maximum Gasteiger partial charge on any atom is -0.00180 e. The smallest absolute Gasteiger partial charge is 0.00180 e. The average Bonchev–Trinajstić information content (AvgIpc) is 2.82. The lowest BCUT2D eigenvalue weighted by molar-refractivity contribution is 0.277. The van der Waals surface area contributed by atoms with Crippen LogP contribution in [-0.4, -0.2) is 13.1 Å². The molecule has 0 bridgehead atoms. The van der Waals surface area contributed by atoms with Gasteiger partial charge in [0.25, 0.3) is 0 Å². The summed E-state index contributed by atoms with van der Waals surface area (Å²) in [5.74, 6) is 3.14. The molecule has 2 saturated carbocycles. The van der Waals surface area contributed by atoms with Gasteiger partial charge in [-0.05, 0) is 43.7 Å². The van der Waals surface area contributed by atoms with Crippen LogP contribution in [0.4, 0.5) is 0 Å². The molecule has 0 aromatic heterocycles. The van der Waals surface area contributed by atoms with Crippen molar-refractivity contribution in [3.05, 3.63) is 0 Å². The molecule has 2 rings (SSSR count). The molecule has 2 fully saturated rings. The molecule has 2 aliphatic carbocycles. The molecule has 2 atom stereocenters. The molecular formula is C16H31N. The first-order valence-corrected chi connectivity index (χ1v) is 8.11. The fraction of sp³-hybridized carbons (Fsp3) is 1.00. The molecule has 0 amide bonds. The molecule has 2 aliphatic rings. The van der Waals surface area contributed by atoms with E-state index in [4.69, 9.17) is 0 Å². The molecule has 17 heavy (non-hydrogen) atoms. The Hall–Kier alpha value is -0.0400. The number of hydrogen-bond acceptors (Lipinski definition) is 1. The first-order valence-electron chi connectivity index (χ1n) is 8.11. The van der Waals surface area contributed by atoms with Crippen molar-refractivity contribution in [2.75, 3.05) is 13.1 Å². The fourth-order valence-corrected chi connectivity index (χ4v) is 4.02. The monoisotopic (exact) mass is 237 g/mol. The normalized spacial score (nSPS) is 30.9. The van der Waals surface area contributed by atoms with Gasteiger partial charge in [-0.25, -0.2) is 0 Å². The van der Waals surface area contributed by atoms with Crippen molar-refractivity contribution in [2.24, 2.45) is 17.8 Å². The van der Waals surface area contributed by atoms with E-state index < -0.39 is 0 Å². The minimum atomic E-state index is 0.999. The summed E-state index contributed by atoms with van der Waals surface area (Å²) in [5.41, 5.74) is 0. The van der Waals surface area contributed by atoms with Crippen molar-refractivity contribution >= 4 is 0 Å². The van der Waals surface area contributed by atoms with Crippen LogP contribution in [0.1, 0.15) is 71.1 Å². The molecular weight excluding hydrogens is 206 g/mol. The third kappa shape index (κ3) is 4.28. The van der Waals surface area contributed by atoms with Crippen LogP contribution >= 0.6 is 0 Å². The van der Waals surface area contributed by atoms with E-state index in [1.807, 2.05) is 0 Å². The van der Waals surface area contributed by atoms with Crippen LogP contribution in [0, 0.1) is 17.8 Å². The van der Waals surface area contributed by atoms with Crippen LogP contribution in [-0.2, 0) is 0 Å². The average molecular weight is 237 g/mol. The predicted molar refractivity (Wildman–Crippen MR) is 75.2 cm³/mol. The van der Waals surface area contributed by atoms with Gasteiger partial charge in [0, 0.05) is 0 Å². The molecule has 0 saturated heterocycles. The maximum atomic E-state index is 3.56. The van der Waals surface area contributed by atoms with Gasteiger partial charge in [-0.1, -0.05) is 58.3 Å². The lowest BCUT2D eigenvalue weighted by Gasteiger charge is -2.25. The van der Waals surface area contributed by atoms with Gasteiger partial charge in [-0.2, -0.15) is 0 Å². The Bertz CT molecular complexity index is 196. The lowest BCUT2D eigenvalue weighted by atomic mass is 9.82. The van der Waals surface area contributed by atoms with E-state index in [1.54, 1.807) is 0 Å². The van der Waals surface area contributed by atoms with E-state index in [-0.39, 0.29) is 0 Å². The van der Waals surface area contributed by atoms with Crippen LogP contribution in [0.2, 0.25) is 0 Å². The molecule has 0 radical (unpaired) electrons. The largest absolute Gasteiger partial charge is 0.317 e. The molecule has 1 N–H and O–H groups in total. The maximum absolute atomic E-state index is 3.56. The van der Waals surface area contributed by atoms with E-state index in [0.29, 0.717) is 0 Å². The Labute approximate surface area is 108 Å². The van der Waals surface area contributed by atoms with Gasteiger partial charge in [-0.3, -0.25) is 0 Å². The number of hydrogen-bond donors (Lipinski definition) is 1. The highest BCUT2D eigenvalue weighted by molar-refractivity contribution is 4.80. The van der Waals surface area contributed by atoms with Crippen molar-refractivity contribution in [3.8, 4) is 0 Å². The van der Waals surface area contributed by atoms with Crippen LogP contribution < -0.4 is 5.32 Å². The van der Waals surface area contributed by atoms with Crippen molar-refractivity contribution < 1.29 is 0 Å². The highest BCUT2D eigenvalue weighted by atomic mass is 14.8. The third-order valence-corrected chi connectivity index (χ3v) is 5.14. The second kappa shape index (κ2) is 7.41. The van der Waals surface area contributed by atoms with Crippen molar-refractivity contribution in [1.82, 2.24) is 5.32 Å². The topological polar surface area (TPSA) is 12.0 Å². The molecule has 0 aromatic carbocycles. The Morgan fingerprint density at radius 3 is 2.35 bits per heavy atom. The Morgan fingerprint density at radius 2 is 1.59 bits per heavy atom. The van der Waals surface area contributed by atoms with Crippen LogP contribution in [0.15, 0.2) is 0 Å². The number of rotatable bonds is 6. The van der Waals surface area contributed by atoms with Gasteiger partial charge in [0.2, 0.25) is 0 Å².